The van der Waals surface area contributed by atoms with Crippen molar-refractivity contribution in [3.05, 3.63) is 51.7 Å². The van der Waals surface area contributed by atoms with Gasteiger partial charge in [-0.2, -0.15) is 11.3 Å². The number of thiophene rings is 1. The van der Waals surface area contributed by atoms with E-state index >= 15 is 0 Å². The number of rotatable bonds is 5. The molecule has 6 heteroatoms. The molecule has 1 atom stereocenters. The molecule has 0 spiro atoms. The van der Waals surface area contributed by atoms with Crippen LogP contribution in [0.1, 0.15) is 47.3 Å². The number of nitrogens with one attached hydrogen (secondary N) is 3. The fraction of sp³-hybridized carbons (Fsp3) is 0.333. The van der Waals surface area contributed by atoms with Crippen molar-refractivity contribution in [3.8, 4) is 0 Å². The fourth-order valence-corrected chi connectivity index (χ4v) is 3.21. The Morgan fingerprint density at radius 2 is 1.88 bits per heavy atom. The summed E-state index contributed by atoms with van der Waals surface area (Å²) in [5, 5.41) is 12.5. The molecule has 1 aliphatic carbocycles. The number of anilines is 1. The van der Waals surface area contributed by atoms with E-state index in [9.17, 15) is 9.59 Å². The van der Waals surface area contributed by atoms with Crippen LogP contribution in [0.15, 0.2) is 35.0 Å². The summed E-state index contributed by atoms with van der Waals surface area (Å²) >= 11 is 1.53. The zero-order valence-electron chi connectivity index (χ0n) is 13.8. The van der Waals surface area contributed by atoms with Gasteiger partial charge in [-0.15, -0.1) is 0 Å². The molecule has 0 unspecified atom stereocenters. The van der Waals surface area contributed by atoms with Gasteiger partial charge in [-0.1, -0.05) is 12.1 Å². The highest BCUT2D eigenvalue weighted by molar-refractivity contribution is 7.08. The number of aryl methyl sites for hydroxylation is 1. The summed E-state index contributed by atoms with van der Waals surface area (Å²) in [4.78, 5) is 24.0. The van der Waals surface area contributed by atoms with E-state index in [1.165, 1.54) is 11.3 Å². The molecule has 0 radical (unpaired) electrons. The monoisotopic (exact) mass is 343 g/mol. The maximum absolute atomic E-state index is 12.3. The van der Waals surface area contributed by atoms with Gasteiger partial charge in [-0.05, 0) is 55.3 Å². The molecule has 126 valence electrons. The average Bonchev–Trinajstić information content (AvgIpc) is 3.25. The van der Waals surface area contributed by atoms with Gasteiger partial charge in [0.2, 0.25) is 0 Å². The van der Waals surface area contributed by atoms with Crippen LogP contribution in [0.2, 0.25) is 0 Å². The second kappa shape index (κ2) is 7.05. The summed E-state index contributed by atoms with van der Waals surface area (Å²) in [5.41, 5.74) is 3.45. The zero-order chi connectivity index (χ0) is 17.1. The summed E-state index contributed by atoms with van der Waals surface area (Å²) in [7, 11) is 0. The van der Waals surface area contributed by atoms with E-state index in [1.54, 1.807) is 0 Å². The number of carbonyl (C=O) groups is 2. The van der Waals surface area contributed by atoms with E-state index in [0.29, 0.717) is 6.04 Å². The van der Waals surface area contributed by atoms with Crippen molar-refractivity contribution in [2.24, 2.45) is 0 Å². The number of amides is 3. The van der Waals surface area contributed by atoms with Crippen molar-refractivity contribution in [1.29, 1.82) is 0 Å². The maximum Gasteiger partial charge on any atom is 0.319 e. The van der Waals surface area contributed by atoms with Gasteiger partial charge in [0, 0.05) is 17.1 Å². The molecule has 3 N–H and O–H groups in total. The standard InChI is InChI=1S/C18H21N3O2S/c1-11-9-24-10-16(11)17(22)19-12(2)13-3-5-14(6-4-13)20-18(23)21-15-7-8-15/h3-6,9-10,12,15H,7-8H2,1-2H3,(H,19,22)(H2,20,21,23)/t12-/m1/s1. The molecule has 1 heterocycles. The van der Waals surface area contributed by atoms with Crippen LogP contribution in [0.3, 0.4) is 0 Å². The second-order valence-electron chi connectivity index (χ2n) is 6.16. The highest BCUT2D eigenvalue weighted by Crippen LogP contribution is 2.20. The molecule has 2 aromatic rings. The molecule has 1 aliphatic rings. The Labute approximate surface area is 145 Å². The van der Waals surface area contributed by atoms with E-state index in [0.717, 1.165) is 35.2 Å². The first-order valence-corrected chi connectivity index (χ1v) is 8.98. The lowest BCUT2D eigenvalue weighted by molar-refractivity contribution is 0.0939. The zero-order valence-corrected chi connectivity index (χ0v) is 14.6. The van der Waals surface area contributed by atoms with E-state index in [2.05, 4.69) is 16.0 Å². The number of urea groups is 1. The van der Waals surface area contributed by atoms with Crippen molar-refractivity contribution in [1.82, 2.24) is 10.6 Å². The Morgan fingerprint density at radius 1 is 1.17 bits per heavy atom. The third-order valence-corrected chi connectivity index (χ3v) is 4.89. The first-order valence-electron chi connectivity index (χ1n) is 8.04. The molecule has 1 aromatic heterocycles. The largest absolute Gasteiger partial charge is 0.345 e. The lowest BCUT2D eigenvalue weighted by atomic mass is 10.1. The van der Waals surface area contributed by atoms with Gasteiger partial charge >= 0.3 is 6.03 Å². The van der Waals surface area contributed by atoms with Gasteiger partial charge in [0.25, 0.3) is 5.91 Å². The molecule has 0 bridgehead atoms. The fourth-order valence-electron chi connectivity index (χ4n) is 2.39. The van der Waals surface area contributed by atoms with Crippen molar-refractivity contribution in [3.63, 3.8) is 0 Å². The third-order valence-electron chi connectivity index (χ3n) is 4.03. The Balaban J connectivity index is 1.57. The Morgan fingerprint density at radius 3 is 2.46 bits per heavy atom. The molecule has 1 saturated carbocycles. The van der Waals surface area contributed by atoms with E-state index < -0.39 is 0 Å². The Hall–Kier alpha value is -2.34. The Kier molecular flexibility index (Phi) is 4.85. The maximum atomic E-state index is 12.3. The third kappa shape index (κ3) is 4.14. The van der Waals surface area contributed by atoms with Gasteiger partial charge in [0.05, 0.1) is 11.6 Å². The lowest BCUT2D eigenvalue weighted by Gasteiger charge is -2.15. The SMILES string of the molecule is Cc1cscc1C(=O)N[C@H](C)c1ccc(NC(=O)NC2CC2)cc1. The van der Waals surface area contributed by atoms with Gasteiger partial charge in [0.15, 0.2) is 0 Å². The van der Waals surface area contributed by atoms with Crippen LogP contribution < -0.4 is 16.0 Å². The minimum absolute atomic E-state index is 0.0627. The normalized spacial score (nSPS) is 14.8. The molecular weight excluding hydrogens is 322 g/mol. The summed E-state index contributed by atoms with van der Waals surface area (Å²) in [6.07, 6.45) is 2.13. The van der Waals surface area contributed by atoms with Crippen LogP contribution in [0, 0.1) is 6.92 Å². The van der Waals surface area contributed by atoms with Crippen LogP contribution in [-0.4, -0.2) is 18.0 Å². The quantitative estimate of drug-likeness (QED) is 0.772. The second-order valence-corrected chi connectivity index (χ2v) is 6.90. The minimum atomic E-state index is -0.167. The molecule has 3 rings (SSSR count). The first kappa shape index (κ1) is 16.5. The molecule has 1 fully saturated rings. The molecule has 24 heavy (non-hydrogen) atoms. The van der Waals surface area contributed by atoms with Crippen LogP contribution in [0.5, 0.6) is 0 Å². The van der Waals surface area contributed by atoms with Crippen LogP contribution >= 0.6 is 11.3 Å². The highest BCUT2D eigenvalue weighted by Gasteiger charge is 2.23. The summed E-state index contributed by atoms with van der Waals surface area (Å²) in [6, 6.07) is 7.59. The lowest BCUT2D eigenvalue weighted by Crippen LogP contribution is -2.30. The molecular formula is C18H21N3O2S. The van der Waals surface area contributed by atoms with E-state index in [1.807, 2.05) is 48.9 Å². The highest BCUT2D eigenvalue weighted by atomic mass is 32.1. The molecule has 0 saturated heterocycles. The van der Waals surface area contributed by atoms with Gasteiger partial charge in [0.1, 0.15) is 0 Å². The van der Waals surface area contributed by atoms with Gasteiger partial charge in [-0.3, -0.25) is 4.79 Å². The number of hydrogen-bond donors (Lipinski definition) is 3. The van der Waals surface area contributed by atoms with Crippen molar-refractivity contribution >= 4 is 29.0 Å². The minimum Gasteiger partial charge on any atom is -0.345 e. The first-order chi connectivity index (χ1) is 11.5. The molecule has 1 aromatic carbocycles. The molecule has 0 aliphatic heterocycles. The number of benzene rings is 1. The van der Waals surface area contributed by atoms with Gasteiger partial charge in [-0.25, -0.2) is 4.79 Å². The summed E-state index contributed by atoms with van der Waals surface area (Å²) in [6.45, 7) is 3.88. The predicted molar refractivity (Wildman–Crippen MR) is 96.6 cm³/mol. The van der Waals surface area contributed by atoms with Gasteiger partial charge < -0.3 is 16.0 Å². The number of carbonyl (C=O) groups excluding carboxylic acids is 2. The van der Waals surface area contributed by atoms with Crippen molar-refractivity contribution in [2.75, 3.05) is 5.32 Å². The van der Waals surface area contributed by atoms with E-state index in [4.69, 9.17) is 0 Å². The molecule has 3 amide bonds. The van der Waals surface area contributed by atoms with Crippen molar-refractivity contribution in [2.45, 2.75) is 38.8 Å². The average molecular weight is 343 g/mol. The predicted octanol–water partition coefficient (Wildman–Crippen LogP) is 3.83. The summed E-state index contributed by atoms with van der Waals surface area (Å²) < 4.78 is 0. The van der Waals surface area contributed by atoms with Crippen LogP contribution in [-0.2, 0) is 0 Å². The van der Waals surface area contributed by atoms with E-state index in [-0.39, 0.29) is 18.0 Å². The van der Waals surface area contributed by atoms with Crippen LogP contribution in [0.4, 0.5) is 10.5 Å². The van der Waals surface area contributed by atoms with Crippen molar-refractivity contribution < 1.29 is 9.59 Å². The molecule has 5 nitrogen and oxygen atoms in total. The Bertz CT molecular complexity index is 735. The number of hydrogen-bond acceptors (Lipinski definition) is 3. The summed E-state index contributed by atoms with van der Waals surface area (Å²) in [5.74, 6) is -0.0627. The topological polar surface area (TPSA) is 70.2 Å². The van der Waals surface area contributed by atoms with Crippen LogP contribution in [0.25, 0.3) is 0 Å². The smallest absolute Gasteiger partial charge is 0.319 e.